The fourth-order valence-electron chi connectivity index (χ4n) is 0.482. The lowest BCUT2D eigenvalue weighted by atomic mass is 10.1. The van der Waals surface area contributed by atoms with Crippen LogP contribution in [0.5, 0.6) is 0 Å². The van der Waals surface area contributed by atoms with Crippen molar-refractivity contribution in [3.05, 3.63) is 0 Å². The van der Waals surface area contributed by atoms with E-state index in [1.807, 2.05) is 0 Å². The van der Waals surface area contributed by atoms with Gasteiger partial charge in [-0.15, -0.1) is 0 Å². The molecule has 0 spiro atoms. The van der Waals surface area contributed by atoms with Crippen LogP contribution in [0.2, 0.25) is 0 Å². The number of carbonyl (C=O) groups is 1. The van der Waals surface area contributed by atoms with Gasteiger partial charge >= 0.3 is 0 Å². The fourth-order valence-corrected chi connectivity index (χ4v) is 0.482. The molecular weight excluding hydrogens is 137 g/mol. The molecule has 2 atom stereocenters. The number of carbonyl (C=O) groups excluding carboxylic acids is 1. The molecule has 0 aliphatic heterocycles. The summed E-state index contributed by atoms with van der Waals surface area (Å²) in [5.41, 5.74) is 5.29. The maximum Gasteiger partial charge on any atom is 0.293 e. The quantitative estimate of drug-likeness (QED) is 0.450. The first-order chi connectivity index (χ1) is 4.68. The second kappa shape index (κ2) is 5.17. The van der Waals surface area contributed by atoms with E-state index in [2.05, 4.69) is 4.74 Å². The third-order valence-corrected chi connectivity index (χ3v) is 1.23. The number of hydrogen-bond acceptors (Lipinski definition) is 3. The van der Waals surface area contributed by atoms with E-state index < -0.39 is 12.2 Å². The van der Waals surface area contributed by atoms with Gasteiger partial charge in [0.1, 0.15) is 6.17 Å². The first-order valence-electron chi connectivity index (χ1n) is 3.13. The summed E-state index contributed by atoms with van der Waals surface area (Å²) in [6.45, 7) is 1.90. The summed E-state index contributed by atoms with van der Waals surface area (Å²) in [6.07, 6.45) is -0.675. The zero-order valence-corrected chi connectivity index (χ0v) is 5.92. The van der Waals surface area contributed by atoms with E-state index in [0.717, 1.165) is 0 Å². The molecule has 0 rings (SSSR count). The van der Waals surface area contributed by atoms with Gasteiger partial charge in [-0.2, -0.15) is 0 Å². The second-order valence-electron chi connectivity index (χ2n) is 2.10. The standard InChI is InChI=1S/C6H12FNO2/c1-5(7)6(8)2-3-10-4-9/h4-6H,2-3,8H2,1H3/t5-,6-/m0/s1. The Balaban J connectivity index is 3.21. The molecule has 0 aromatic carbocycles. The van der Waals surface area contributed by atoms with Crippen LogP contribution in [-0.4, -0.2) is 25.3 Å². The van der Waals surface area contributed by atoms with Crippen LogP contribution in [0.15, 0.2) is 0 Å². The molecule has 60 valence electrons. The Kier molecular flexibility index (Phi) is 4.84. The normalized spacial score (nSPS) is 15.9. The van der Waals surface area contributed by atoms with Crippen molar-refractivity contribution in [2.75, 3.05) is 6.61 Å². The number of halogens is 1. The van der Waals surface area contributed by atoms with Gasteiger partial charge in [-0.25, -0.2) is 4.39 Å². The van der Waals surface area contributed by atoms with E-state index >= 15 is 0 Å². The number of ether oxygens (including phenoxy) is 1. The molecule has 0 bridgehead atoms. The number of hydrogen-bond donors (Lipinski definition) is 1. The molecule has 0 saturated heterocycles. The Hall–Kier alpha value is -0.640. The van der Waals surface area contributed by atoms with E-state index in [-0.39, 0.29) is 6.61 Å². The van der Waals surface area contributed by atoms with Gasteiger partial charge in [0, 0.05) is 6.04 Å². The average molecular weight is 149 g/mol. The first-order valence-corrected chi connectivity index (χ1v) is 3.13. The van der Waals surface area contributed by atoms with Gasteiger partial charge in [0.25, 0.3) is 6.47 Å². The molecule has 10 heavy (non-hydrogen) atoms. The fraction of sp³-hybridized carbons (Fsp3) is 0.833. The third-order valence-electron chi connectivity index (χ3n) is 1.23. The SMILES string of the molecule is C[C@H](F)[C@@H](N)CCOC=O. The topological polar surface area (TPSA) is 52.3 Å². The molecule has 0 radical (unpaired) electrons. The van der Waals surface area contributed by atoms with Crippen LogP contribution in [0.25, 0.3) is 0 Å². The van der Waals surface area contributed by atoms with Gasteiger partial charge in [-0.3, -0.25) is 4.79 Å². The van der Waals surface area contributed by atoms with Crippen molar-refractivity contribution in [2.45, 2.75) is 25.6 Å². The molecule has 0 aromatic heterocycles. The van der Waals surface area contributed by atoms with Gasteiger partial charge < -0.3 is 10.5 Å². The van der Waals surface area contributed by atoms with Crippen molar-refractivity contribution in [2.24, 2.45) is 5.73 Å². The van der Waals surface area contributed by atoms with Crippen molar-refractivity contribution in [1.29, 1.82) is 0 Å². The number of nitrogens with two attached hydrogens (primary N) is 1. The van der Waals surface area contributed by atoms with Crippen molar-refractivity contribution >= 4 is 6.47 Å². The summed E-state index contributed by atoms with van der Waals surface area (Å²) in [4.78, 5) is 9.60. The second-order valence-corrected chi connectivity index (χ2v) is 2.10. The molecule has 0 aliphatic rings. The Morgan fingerprint density at radius 3 is 2.80 bits per heavy atom. The molecule has 0 aliphatic carbocycles. The minimum atomic E-state index is -1.05. The molecule has 0 unspecified atom stereocenters. The monoisotopic (exact) mass is 149 g/mol. The van der Waals surface area contributed by atoms with Crippen LogP contribution in [-0.2, 0) is 9.53 Å². The van der Waals surface area contributed by atoms with Crippen molar-refractivity contribution < 1.29 is 13.9 Å². The molecule has 0 amide bonds. The highest BCUT2D eigenvalue weighted by Gasteiger charge is 2.09. The Labute approximate surface area is 59.3 Å². The summed E-state index contributed by atoms with van der Waals surface area (Å²) < 4.78 is 16.6. The van der Waals surface area contributed by atoms with Crippen molar-refractivity contribution in [1.82, 2.24) is 0 Å². The number of alkyl halides is 1. The lowest BCUT2D eigenvalue weighted by Gasteiger charge is -2.10. The van der Waals surface area contributed by atoms with Crippen LogP contribution in [0, 0.1) is 0 Å². The molecule has 0 heterocycles. The molecule has 2 N–H and O–H groups in total. The summed E-state index contributed by atoms with van der Waals surface area (Å²) in [7, 11) is 0. The highest BCUT2D eigenvalue weighted by atomic mass is 19.1. The van der Waals surface area contributed by atoms with E-state index in [1.165, 1.54) is 6.92 Å². The lowest BCUT2D eigenvalue weighted by molar-refractivity contribution is -0.128. The minimum absolute atomic E-state index is 0.193. The lowest BCUT2D eigenvalue weighted by Crippen LogP contribution is -2.30. The summed E-state index contributed by atoms with van der Waals surface area (Å²) in [5, 5.41) is 0. The van der Waals surface area contributed by atoms with Gasteiger partial charge in [0.15, 0.2) is 0 Å². The Bertz CT molecular complexity index is 97.7. The molecule has 0 saturated carbocycles. The zero-order valence-electron chi connectivity index (χ0n) is 5.92. The highest BCUT2D eigenvalue weighted by molar-refractivity contribution is 5.36. The van der Waals surface area contributed by atoms with Crippen LogP contribution in [0.4, 0.5) is 4.39 Å². The summed E-state index contributed by atoms with van der Waals surface area (Å²) in [5.74, 6) is 0. The van der Waals surface area contributed by atoms with E-state index in [0.29, 0.717) is 12.9 Å². The first kappa shape index (κ1) is 9.36. The maximum absolute atomic E-state index is 12.3. The molecule has 4 heteroatoms. The molecule has 0 aromatic rings. The summed E-state index contributed by atoms with van der Waals surface area (Å²) in [6, 6.07) is -0.528. The van der Waals surface area contributed by atoms with Crippen molar-refractivity contribution in [3.8, 4) is 0 Å². The predicted molar refractivity (Wildman–Crippen MR) is 35.2 cm³/mol. The zero-order chi connectivity index (χ0) is 7.98. The highest BCUT2D eigenvalue weighted by Crippen LogP contribution is 1.98. The van der Waals surface area contributed by atoms with Crippen LogP contribution in [0.3, 0.4) is 0 Å². The smallest absolute Gasteiger partial charge is 0.293 e. The molecule has 3 nitrogen and oxygen atoms in total. The van der Waals surface area contributed by atoms with Crippen molar-refractivity contribution in [3.63, 3.8) is 0 Å². The van der Waals surface area contributed by atoms with Gasteiger partial charge in [-0.1, -0.05) is 0 Å². The van der Waals surface area contributed by atoms with E-state index in [4.69, 9.17) is 5.73 Å². The number of rotatable bonds is 5. The Morgan fingerprint density at radius 2 is 2.40 bits per heavy atom. The van der Waals surface area contributed by atoms with Crippen LogP contribution < -0.4 is 5.73 Å². The van der Waals surface area contributed by atoms with Crippen LogP contribution in [0.1, 0.15) is 13.3 Å². The van der Waals surface area contributed by atoms with E-state index in [9.17, 15) is 9.18 Å². The van der Waals surface area contributed by atoms with Crippen LogP contribution >= 0.6 is 0 Å². The molecular formula is C6H12FNO2. The minimum Gasteiger partial charge on any atom is -0.468 e. The van der Waals surface area contributed by atoms with E-state index in [1.54, 1.807) is 0 Å². The average Bonchev–Trinajstić information content (AvgIpc) is 1.88. The summed E-state index contributed by atoms with van der Waals surface area (Å²) >= 11 is 0. The Morgan fingerprint density at radius 1 is 1.80 bits per heavy atom. The largest absolute Gasteiger partial charge is 0.468 e. The van der Waals surface area contributed by atoms with Gasteiger partial charge in [0.2, 0.25) is 0 Å². The molecule has 0 fully saturated rings. The van der Waals surface area contributed by atoms with Gasteiger partial charge in [-0.05, 0) is 13.3 Å². The van der Waals surface area contributed by atoms with Gasteiger partial charge in [0.05, 0.1) is 6.61 Å². The third kappa shape index (κ3) is 4.26. The maximum atomic E-state index is 12.3. The predicted octanol–water partition coefficient (Wildman–Crippen LogP) is 0.235.